The zero-order chi connectivity index (χ0) is 16.4. The summed E-state index contributed by atoms with van der Waals surface area (Å²) in [5, 5.41) is 1.57. The number of hydrogen-bond donors (Lipinski definition) is 0. The summed E-state index contributed by atoms with van der Waals surface area (Å²) in [6.07, 6.45) is 2.59. The van der Waals surface area contributed by atoms with E-state index in [4.69, 9.17) is 27.9 Å². The highest BCUT2D eigenvalue weighted by Crippen LogP contribution is 2.29. The minimum absolute atomic E-state index is 0.500. The third-order valence-electron chi connectivity index (χ3n) is 3.60. The normalized spacial score (nSPS) is 12.5. The Bertz CT molecular complexity index is 876. The van der Waals surface area contributed by atoms with Crippen molar-refractivity contribution in [3.05, 3.63) is 59.2 Å². The molecule has 0 saturated heterocycles. The van der Waals surface area contributed by atoms with Crippen LogP contribution in [0.2, 0.25) is 5.02 Å². The smallest absolute Gasteiger partial charge is 0.157 e. The fourth-order valence-electron chi connectivity index (χ4n) is 2.50. The average molecular weight is 368 g/mol. The molecule has 0 aliphatic heterocycles. The maximum absolute atomic E-state index is 12.9. The van der Waals surface area contributed by atoms with Crippen LogP contribution in [0, 0.1) is 0 Å². The molecule has 23 heavy (non-hydrogen) atoms. The second-order valence-electron chi connectivity index (χ2n) is 5.01. The number of aryl methyl sites for hydroxylation is 1. The molecule has 6 heteroatoms. The van der Waals surface area contributed by atoms with E-state index in [1.165, 1.54) is 0 Å². The second kappa shape index (κ2) is 6.95. The molecular weight excluding hydrogens is 353 g/mol. The van der Waals surface area contributed by atoms with Crippen LogP contribution in [-0.2, 0) is 17.4 Å². The van der Waals surface area contributed by atoms with Crippen LogP contribution in [0.3, 0.4) is 0 Å². The van der Waals surface area contributed by atoms with Crippen molar-refractivity contribution in [2.75, 3.05) is 13.0 Å². The Morgan fingerprint density at radius 1 is 1.22 bits per heavy atom. The van der Waals surface area contributed by atoms with Gasteiger partial charge in [0.2, 0.25) is 0 Å². The molecule has 2 aromatic carbocycles. The van der Waals surface area contributed by atoms with Gasteiger partial charge in [0.05, 0.1) is 17.5 Å². The van der Waals surface area contributed by atoms with Crippen LogP contribution in [0.5, 0.6) is 5.75 Å². The molecule has 3 aromatic rings. The molecule has 0 aliphatic rings. The highest BCUT2D eigenvalue weighted by Gasteiger charge is 2.15. The fourth-order valence-corrected chi connectivity index (χ4v) is 4.17. The van der Waals surface area contributed by atoms with E-state index in [-0.39, 0.29) is 0 Å². The van der Waals surface area contributed by atoms with E-state index in [0.29, 0.717) is 22.2 Å². The molecule has 0 bridgehead atoms. The van der Waals surface area contributed by atoms with Gasteiger partial charge in [-0.05, 0) is 48.4 Å². The highest BCUT2D eigenvalue weighted by atomic mass is 35.5. The predicted molar refractivity (Wildman–Crippen MR) is 96.2 cm³/mol. The van der Waals surface area contributed by atoms with E-state index in [0.717, 1.165) is 22.2 Å². The first-order valence-electron chi connectivity index (χ1n) is 7.06. The third-order valence-corrected chi connectivity index (χ3v) is 5.34. The number of alkyl halides is 1. The minimum Gasteiger partial charge on any atom is -0.497 e. The van der Waals surface area contributed by atoms with Crippen LogP contribution in [0.15, 0.2) is 53.6 Å². The predicted octanol–water partition coefficient (Wildman–Crippen LogP) is 4.66. The molecule has 3 nitrogen and oxygen atoms in total. The molecule has 1 heterocycles. The van der Waals surface area contributed by atoms with Crippen molar-refractivity contribution >= 4 is 45.1 Å². The Hall–Kier alpha value is -1.49. The zero-order valence-electron chi connectivity index (χ0n) is 12.5. The molecular formula is C17H15Cl2NO2S. The number of methoxy groups -OCH3 is 1. The van der Waals surface area contributed by atoms with E-state index < -0.39 is 11.0 Å². The van der Waals surface area contributed by atoms with Crippen LogP contribution in [0.25, 0.3) is 10.9 Å². The standard InChI is InChI=1S/C17H15Cl2NO2S/c1-22-14-5-6-17-16(10-14)12(7-8-18)11-20(17)23(21)15-4-2-3-13(19)9-15/h2-6,9-11H,7-8H2,1H3. The van der Waals surface area contributed by atoms with Crippen molar-refractivity contribution in [3.63, 3.8) is 0 Å². The van der Waals surface area contributed by atoms with Gasteiger partial charge in [0.25, 0.3) is 0 Å². The van der Waals surface area contributed by atoms with E-state index >= 15 is 0 Å². The van der Waals surface area contributed by atoms with Gasteiger partial charge in [-0.3, -0.25) is 3.97 Å². The Morgan fingerprint density at radius 2 is 2.04 bits per heavy atom. The molecule has 0 fully saturated rings. The van der Waals surface area contributed by atoms with E-state index in [1.807, 2.05) is 24.4 Å². The van der Waals surface area contributed by atoms with Crippen LogP contribution in [0.1, 0.15) is 5.56 Å². The maximum atomic E-state index is 12.9. The van der Waals surface area contributed by atoms with Gasteiger partial charge in [0.15, 0.2) is 11.0 Å². The summed E-state index contributed by atoms with van der Waals surface area (Å²) in [5.41, 5.74) is 1.92. The topological polar surface area (TPSA) is 31.2 Å². The van der Waals surface area contributed by atoms with Gasteiger partial charge in [-0.2, -0.15) is 0 Å². The quantitative estimate of drug-likeness (QED) is 0.614. The summed E-state index contributed by atoms with van der Waals surface area (Å²) >= 11 is 11.9. The fraction of sp³-hybridized carbons (Fsp3) is 0.176. The van der Waals surface area contributed by atoms with Crippen LogP contribution in [-0.4, -0.2) is 21.2 Å². The third kappa shape index (κ3) is 3.25. The number of rotatable bonds is 5. The number of halogens is 2. The first kappa shape index (κ1) is 16.4. The number of benzene rings is 2. The minimum atomic E-state index is -1.37. The lowest BCUT2D eigenvalue weighted by atomic mass is 10.1. The molecule has 0 amide bonds. The largest absolute Gasteiger partial charge is 0.497 e. The molecule has 120 valence electrons. The lowest BCUT2D eigenvalue weighted by molar-refractivity contribution is 0.415. The number of hydrogen-bond acceptors (Lipinski definition) is 2. The first-order valence-corrected chi connectivity index (χ1v) is 9.07. The van der Waals surface area contributed by atoms with Gasteiger partial charge >= 0.3 is 0 Å². The van der Waals surface area contributed by atoms with Crippen molar-refractivity contribution in [1.29, 1.82) is 0 Å². The van der Waals surface area contributed by atoms with Gasteiger partial charge in [0.1, 0.15) is 5.75 Å². The van der Waals surface area contributed by atoms with Gasteiger partial charge in [-0.25, -0.2) is 4.21 Å². The monoisotopic (exact) mass is 367 g/mol. The molecule has 0 aliphatic carbocycles. The van der Waals surface area contributed by atoms with Crippen LogP contribution >= 0.6 is 23.2 Å². The highest BCUT2D eigenvalue weighted by molar-refractivity contribution is 7.83. The summed E-state index contributed by atoms with van der Waals surface area (Å²) in [6, 6.07) is 12.8. The Kier molecular flexibility index (Phi) is 4.95. The summed E-state index contributed by atoms with van der Waals surface area (Å²) in [4.78, 5) is 0.655. The van der Waals surface area contributed by atoms with Crippen molar-refractivity contribution in [1.82, 2.24) is 3.97 Å². The van der Waals surface area contributed by atoms with Gasteiger partial charge in [-0.1, -0.05) is 17.7 Å². The molecule has 1 atom stereocenters. The lowest BCUT2D eigenvalue weighted by Gasteiger charge is -2.06. The van der Waals surface area contributed by atoms with Crippen molar-refractivity contribution < 1.29 is 8.95 Å². The SMILES string of the molecule is COc1ccc2c(c1)c(CCCl)cn2S(=O)c1cccc(Cl)c1. The molecule has 0 N–H and O–H groups in total. The van der Waals surface area contributed by atoms with Gasteiger partial charge in [-0.15, -0.1) is 11.6 Å². The zero-order valence-corrected chi connectivity index (χ0v) is 14.8. The Morgan fingerprint density at radius 3 is 2.74 bits per heavy atom. The average Bonchev–Trinajstić information content (AvgIpc) is 2.92. The summed E-state index contributed by atoms with van der Waals surface area (Å²) in [7, 11) is 0.254. The van der Waals surface area contributed by atoms with Crippen molar-refractivity contribution in [2.24, 2.45) is 0 Å². The van der Waals surface area contributed by atoms with Gasteiger partial charge in [0, 0.05) is 22.5 Å². The molecule has 3 rings (SSSR count). The van der Waals surface area contributed by atoms with E-state index in [9.17, 15) is 4.21 Å². The Balaban J connectivity index is 2.15. The lowest BCUT2D eigenvalue weighted by Crippen LogP contribution is -2.03. The summed E-state index contributed by atoms with van der Waals surface area (Å²) in [6.45, 7) is 0. The number of fused-ring (bicyclic) bond motifs is 1. The molecule has 0 radical (unpaired) electrons. The summed E-state index contributed by atoms with van der Waals surface area (Å²) < 4.78 is 20.0. The first-order chi connectivity index (χ1) is 11.1. The number of ether oxygens (including phenoxy) is 1. The van der Waals surface area contributed by atoms with E-state index in [1.54, 1.807) is 35.3 Å². The van der Waals surface area contributed by atoms with Crippen molar-refractivity contribution in [3.8, 4) is 5.75 Å². The number of nitrogens with zero attached hydrogens (tertiary/aromatic N) is 1. The second-order valence-corrected chi connectivity index (χ2v) is 7.19. The Labute approximate surface area is 147 Å². The molecule has 1 unspecified atom stereocenters. The molecule has 0 spiro atoms. The van der Waals surface area contributed by atoms with Crippen LogP contribution in [0.4, 0.5) is 0 Å². The molecule has 0 saturated carbocycles. The maximum Gasteiger partial charge on any atom is 0.157 e. The van der Waals surface area contributed by atoms with Crippen molar-refractivity contribution in [2.45, 2.75) is 11.3 Å². The molecule has 1 aromatic heterocycles. The van der Waals surface area contributed by atoms with Gasteiger partial charge < -0.3 is 4.74 Å². The summed E-state index contributed by atoms with van der Waals surface area (Å²) in [5.74, 6) is 1.26. The van der Waals surface area contributed by atoms with Crippen LogP contribution < -0.4 is 4.74 Å². The van der Waals surface area contributed by atoms with E-state index in [2.05, 4.69) is 0 Å². The number of aromatic nitrogens is 1.